The van der Waals surface area contributed by atoms with Crippen LogP contribution in [-0.2, 0) is 14.9 Å². The molecule has 5 nitrogen and oxygen atoms in total. The first-order chi connectivity index (χ1) is 12.7. The number of allylic oxidation sites excluding steroid dienone is 2. The smallest absolute Gasteiger partial charge is 0.288 e. The number of nitrogens with one attached hydrogen (secondary N) is 1. The predicted molar refractivity (Wildman–Crippen MR) is 113 cm³/mol. The van der Waals surface area contributed by atoms with Crippen LogP contribution in [0.5, 0.6) is 0 Å². The molecule has 2 N–H and O–H groups in total. The van der Waals surface area contributed by atoms with E-state index in [0.29, 0.717) is 0 Å². The van der Waals surface area contributed by atoms with Gasteiger partial charge in [-0.2, -0.15) is 8.42 Å². The first-order valence-electron chi connectivity index (χ1n) is 10.6. The molecule has 160 valence electrons. The van der Waals surface area contributed by atoms with Gasteiger partial charge in [0.05, 0.1) is 0 Å². The van der Waals surface area contributed by atoms with Crippen molar-refractivity contribution in [3.05, 3.63) is 12.2 Å². The first-order valence-corrected chi connectivity index (χ1v) is 12.1. The summed E-state index contributed by atoms with van der Waals surface area (Å²) in [5.74, 6) is -0.338. The number of hydrogen-bond acceptors (Lipinski definition) is 3. The molecule has 0 aromatic rings. The fourth-order valence-corrected chi connectivity index (χ4v) is 3.06. The van der Waals surface area contributed by atoms with Crippen LogP contribution in [0.1, 0.15) is 111 Å². The molecule has 0 atom stereocenters. The van der Waals surface area contributed by atoms with Gasteiger partial charge >= 0.3 is 0 Å². The van der Waals surface area contributed by atoms with Gasteiger partial charge in [0.25, 0.3) is 10.1 Å². The van der Waals surface area contributed by atoms with E-state index in [9.17, 15) is 13.2 Å². The lowest BCUT2D eigenvalue weighted by atomic mass is 10.1. The van der Waals surface area contributed by atoms with Gasteiger partial charge in [0, 0.05) is 6.42 Å². The number of unbranched alkanes of at least 4 members (excludes halogenated alkanes) is 11. The molecule has 0 fully saturated rings. The minimum Gasteiger partial charge on any atom is -0.336 e. The Morgan fingerprint density at radius 3 is 1.78 bits per heavy atom. The zero-order chi connectivity index (χ0) is 20.6. The molecule has 0 aliphatic rings. The van der Waals surface area contributed by atoms with Crippen molar-refractivity contribution in [1.29, 1.82) is 0 Å². The third kappa shape index (κ3) is 14.8. The normalized spacial score (nSPS) is 12.6. The van der Waals surface area contributed by atoms with Crippen LogP contribution in [0, 0.1) is 0 Å². The standard InChI is InChI=1S/C21H41NO4S/c1-4-5-6-7-8-9-10-11-12-13-14-15-16-17-18-19-20(23)22-21(2,3)27(24,25)26/h11-12H,4-10,13-19H2,1-3H3,(H,22,23)(H,24,25,26)/b12-11-. The molecule has 0 aromatic carbocycles. The third-order valence-corrected chi connectivity index (χ3v) is 6.14. The quantitative estimate of drug-likeness (QED) is 0.184. The van der Waals surface area contributed by atoms with Crippen LogP contribution in [0.15, 0.2) is 12.2 Å². The summed E-state index contributed by atoms with van der Waals surface area (Å²) >= 11 is 0. The van der Waals surface area contributed by atoms with E-state index in [1.807, 2.05) is 0 Å². The number of rotatable bonds is 17. The fraction of sp³-hybridized carbons (Fsp3) is 0.857. The van der Waals surface area contributed by atoms with Gasteiger partial charge in [0.1, 0.15) is 0 Å². The van der Waals surface area contributed by atoms with Crippen LogP contribution in [-0.4, -0.2) is 23.7 Å². The lowest BCUT2D eigenvalue weighted by molar-refractivity contribution is -0.122. The molecular formula is C21H41NO4S. The Kier molecular flexibility index (Phi) is 14.6. The summed E-state index contributed by atoms with van der Waals surface area (Å²) in [5, 5.41) is 2.36. The van der Waals surface area contributed by atoms with Crippen LogP contribution < -0.4 is 5.32 Å². The number of amides is 1. The topological polar surface area (TPSA) is 83.5 Å². The second kappa shape index (κ2) is 15.1. The van der Waals surface area contributed by atoms with Crippen molar-refractivity contribution in [2.45, 2.75) is 116 Å². The van der Waals surface area contributed by atoms with E-state index in [2.05, 4.69) is 24.4 Å². The molecule has 0 saturated carbocycles. The maximum absolute atomic E-state index is 11.7. The average molecular weight is 404 g/mol. The van der Waals surface area contributed by atoms with E-state index < -0.39 is 15.0 Å². The molecular weight excluding hydrogens is 362 g/mol. The molecule has 0 radical (unpaired) electrons. The summed E-state index contributed by atoms with van der Waals surface area (Å²) in [7, 11) is -4.30. The number of hydrogen-bond donors (Lipinski definition) is 2. The first kappa shape index (κ1) is 26.1. The van der Waals surface area contributed by atoms with Crippen molar-refractivity contribution < 1.29 is 17.8 Å². The Morgan fingerprint density at radius 1 is 0.852 bits per heavy atom. The minimum absolute atomic E-state index is 0.289. The van der Waals surface area contributed by atoms with Gasteiger partial charge in [-0.05, 0) is 46.0 Å². The van der Waals surface area contributed by atoms with Crippen molar-refractivity contribution in [3.63, 3.8) is 0 Å². The summed E-state index contributed by atoms with van der Waals surface area (Å²) < 4.78 is 31.3. The van der Waals surface area contributed by atoms with Crippen LogP contribution >= 0.6 is 0 Å². The van der Waals surface area contributed by atoms with Gasteiger partial charge in [-0.15, -0.1) is 0 Å². The lowest BCUT2D eigenvalue weighted by Crippen LogP contribution is -2.49. The SMILES string of the molecule is CCCCCCCC/C=C\CCCCCCCC(=O)NC(C)(C)S(=O)(=O)O. The lowest BCUT2D eigenvalue weighted by Gasteiger charge is -2.22. The number of carbonyl (C=O) groups excluding carboxylic acids is 1. The summed E-state index contributed by atoms with van der Waals surface area (Å²) in [5.41, 5.74) is 0. The highest BCUT2D eigenvalue weighted by molar-refractivity contribution is 7.87. The molecule has 0 aliphatic heterocycles. The van der Waals surface area contributed by atoms with Gasteiger partial charge in [-0.25, -0.2) is 0 Å². The molecule has 0 spiro atoms. The summed E-state index contributed by atoms with van der Waals surface area (Å²) in [6.07, 6.45) is 20.4. The Labute approximate surface area is 167 Å². The summed E-state index contributed by atoms with van der Waals surface area (Å²) in [4.78, 5) is 10.1. The van der Waals surface area contributed by atoms with E-state index >= 15 is 0 Å². The Bertz CT molecular complexity index is 512. The van der Waals surface area contributed by atoms with Crippen molar-refractivity contribution >= 4 is 16.0 Å². The molecule has 0 rings (SSSR count). The van der Waals surface area contributed by atoms with Crippen LogP contribution in [0.2, 0.25) is 0 Å². The Morgan fingerprint density at radius 2 is 1.30 bits per heavy atom. The third-order valence-electron chi connectivity index (χ3n) is 4.75. The monoisotopic (exact) mass is 403 g/mol. The maximum Gasteiger partial charge on any atom is 0.288 e. The molecule has 6 heteroatoms. The van der Waals surface area contributed by atoms with Gasteiger partial charge in [-0.1, -0.05) is 70.4 Å². The molecule has 0 aliphatic carbocycles. The zero-order valence-electron chi connectivity index (χ0n) is 17.6. The molecule has 0 unspecified atom stereocenters. The second-order valence-corrected chi connectivity index (χ2v) is 9.84. The largest absolute Gasteiger partial charge is 0.336 e. The van der Waals surface area contributed by atoms with E-state index in [0.717, 1.165) is 32.1 Å². The van der Waals surface area contributed by atoms with E-state index in [4.69, 9.17) is 4.55 Å². The van der Waals surface area contributed by atoms with Crippen molar-refractivity contribution in [2.75, 3.05) is 0 Å². The number of carbonyl (C=O) groups is 1. The van der Waals surface area contributed by atoms with Crippen molar-refractivity contribution in [3.8, 4) is 0 Å². The van der Waals surface area contributed by atoms with E-state index in [1.54, 1.807) is 0 Å². The molecule has 0 bridgehead atoms. The van der Waals surface area contributed by atoms with Gasteiger partial charge < -0.3 is 5.32 Å². The molecule has 0 heterocycles. The van der Waals surface area contributed by atoms with E-state index in [1.165, 1.54) is 65.2 Å². The minimum atomic E-state index is -4.30. The van der Waals surface area contributed by atoms with Crippen LogP contribution in [0.25, 0.3) is 0 Å². The Hall–Kier alpha value is -0.880. The molecule has 0 aromatic heterocycles. The van der Waals surface area contributed by atoms with E-state index in [-0.39, 0.29) is 12.3 Å². The van der Waals surface area contributed by atoms with Crippen molar-refractivity contribution in [2.24, 2.45) is 0 Å². The van der Waals surface area contributed by atoms with Crippen LogP contribution in [0.4, 0.5) is 0 Å². The molecule has 0 saturated heterocycles. The van der Waals surface area contributed by atoms with Gasteiger partial charge in [-0.3, -0.25) is 9.35 Å². The molecule has 27 heavy (non-hydrogen) atoms. The van der Waals surface area contributed by atoms with Crippen LogP contribution in [0.3, 0.4) is 0 Å². The predicted octanol–water partition coefficient (Wildman–Crippen LogP) is 5.76. The highest BCUT2D eigenvalue weighted by atomic mass is 32.2. The average Bonchev–Trinajstić information content (AvgIpc) is 2.57. The zero-order valence-corrected chi connectivity index (χ0v) is 18.5. The van der Waals surface area contributed by atoms with Crippen molar-refractivity contribution in [1.82, 2.24) is 5.32 Å². The fourth-order valence-electron chi connectivity index (χ4n) is 2.82. The van der Waals surface area contributed by atoms with Gasteiger partial charge in [0.2, 0.25) is 5.91 Å². The highest BCUT2D eigenvalue weighted by Gasteiger charge is 2.33. The molecule has 1 amide bonds. The van der Waals surface area contributed by atoms with Gasteiger partial charge in [0.15, 0.2) is 4.87 Å². The summed E-state index contributed by atoms with van der Waals surface area (Å²) in [6.45, 7) is 4.80. The Balaban J connectivity index is 3.50. The summed E-state index contributed by atoms with van der Waals surface area (Å²) in [6, 6.07) is 0. The maximum atomic E-state index is 11.7. The highest BCUT2D eigenvalue weighted by Crippen LogP contribution is 2.13. The second-order valence-electron chi connectivity index (χ2n) is 7.87.